The van der Waals surface area contributed by atoms with Gasteiger partial charge in [0.25, 0.3) is 0 Å². The molecule has 3 aromatic rings. The highest BCUT2D eigenvalue weighted by Crippen LogP contribution is 2.30. The van der Waals surface area contributed by atoms with Gasteiger partial charge in [0.2, 0.25) is 11.7 Å². The summed E-state index contributed by atoms with van der Waals surface area (Å²) in [7, 11) is 0. The molecule has 0 radical (unpaired) electrons. The first kappa shape index (κ1) is 14.3. The Morgan fingerprint density at radius 2 is 1.59 bits per heavy atom. The molecular formula is C16H11F3N2O. The van der Waals surface area contributed by atoms with Crippen LogP contribution in [0.1, 0.15) is 17.0 Å². The zero-order valence-electron chi connectivity index (χ0n) is 11.3. The van der Waals surface area contributed by atoms with Crippen molar-refractivity contribution < 1.29 is 17.7 Å². The van der Waals surface area contributed by atoms with Gasteiger partial charge in [-0.05, 0) is 17.7 Å². The first-order valence-corrected chi connectivity index (χ1v) is 6.56. The minimum absolute atomic E-state index is 0.277. The van der Waals surface area contributed by atoms with Crippen molar-refractivity contribution in [1.82, 2.24) is 10.1 Å². The van der Waals surface area contributed by atoms with E-state index in [1.54, 1.807) is 0 Å². The minimum atomic E-state index is -4.35. The second kappa shape index (κ2) is 5.63. The Hall–Kier alpha value is -2.63. The summed E-state index contributed by atoms with van der Waals surface area (Å²) in [5.41, 5.74) is 0.797. The topological polar surface area (TPSA) is 38.9 Å². The van der Waals surface area contributed by atoms with Gasteiger partial charge in [0, 0.05) is 5.56 Å². The van der Waals surface area contributed by atoms with Gasteiger partial charge in [0.05, 0.1) is 12.0 Å². The molecule has 22 heavy (non-hydrogen) atoms. The van der Waals surface area contributed by atoms with Crippen LogP contribution in [0.25, 0.3) is 11.4 Å². The van der Waals surface area contributed by atoms with E-state index in [1.807, 2.05) is 30.3 Å². The number of nitrogens with zero attached hydrogens (tertiary/aromatic N) is 2. The van der Waals surface area contributed by atoms with Gasteiger partial charge in [-0.2, -0.15) is 18.2 Å². The molecule has 0 aliphatic carbocycles. The lowest BCUT2D eigenvalue weighted by molar-refractivity contribution is -0.137. The van der Waals surface area contributed by atoms with Crippen LogP contribution >= 0.6 is 0 Å². The lowest BCUT2D eigenvalue weighted by Crippen LogP contribution is -2.04. The molecule has 0 atom stereocenters. The van der Waals surface area contributed by atoms with Crippen LogP contribution < -0.4 is 0 Å². The number of halogens is 3. The molecule has 0 saturated heterocycles. The van der Waals surface area contributed by atoms with E-state index in [2.05, 4.69) is 10.1 Å². The highest BCUT2D eigenvalue weighted by molar-refractivity contribution is 5.54. The van der Waals surface area contributed by atoms with Gasteiger partial charge in [0.15, 0.2) is 0 Å². The van der Waals surface area contributed by atoms with Crippen molar-refractivity contribution in [3.63, 3.8) is 0 Å². The highest BCUT2D eigenvalue weighted by atomic mass is 19.4. The van der Waals surface area contributed by atoms with Gasteiger partial charge in [-0.1, -0.05) is 47.6 Å². The molecule has 1 heterocycles. The summed E-state index contributed by atoms with van der Waals surface area (Å²) in [4.78, 5) is 4.21. The Morgan fingerprint density at radius 1 is 0.909 bits per heavy atom. The van der Waals surface area contributed by atoms with Gasteiger partial charge >= 0.3 is 6.18 Å². The molecule has 0 N–H and O–H groups in total. The molecule has 0 aliphatic rings. The predicted molar refractivity (Wildman–Crippen MR) is 74.0 cm³/mol. The number of alkyl halides is 3. The zero-order chi connectivity index (χ0) is 15.6. The third-order valence-electron chi connectivity index (χ3n) is 3.14. The van der Waals surface area contributed by atoms with Crippen molar-refractivity contribution in [1.29, 1.82) is 0 Å². The van der Waals surface area contributed by atoms with E-state index < -0.39 is 11.7 Å². The number of aromatic nitrogens is 2. The fraction of sp³-hybridized carbons (Fsp3) is 0.125. The molecule has 0 aliphatic heterocycles. The SMILES string of the molecule is FC(F)(F)c1ccc(-c2noc(Cc3ccccc3)n2)cc1. The first-order valence-electron chi connectivity index (χ1n) is 6.56. The number of hydrogen-bond donors (Lipinski definition) is 0. The van der Waals surface area contributed by atoms with Gasteiger partial charge in [-0.25, -0.2) is 0 Å². The summed E-state index contributed by atoms with van der Waals surface area (Å²) in [5.74, 6) is 0.695. The van der Waals surface area contributed by atoms with E-state index in [0.29, 0.717) is 17.9 Å². The van der Waals surface area contributed by atoms with Gasteiger partial charge < -0.3 is 4.52 Å². The van der Waals surface area contributed by atoms with Crippen molar-refractivity contribution in [3.8, 4) is 11.4 Å². The van der Waals surface area contributed by atoms with E-state index >= 15 is 0 Å². The molecule has 0 amide bonds. The average molecular weight is 304 g/mol. The first-order chi connectivity index (χ1) is 10.5. The van der Waals surface area contributed by atoms with Crippen LogP contribution in [-0.4, -0.2) is 10.1 Å². The quantitative estimate of drug-likeness (QED) is 0.722. The molecular weight excluding hydrogens is 293 g/mol. The van der Waals surface area contributed by atoms with E-state index in [1.165, 1.54) is 12.1 Å². The Kier molecular flexibility index (Phi) is 3.66. The second-order valence-corrected chi connectivity index (χ2v) is 4.75. The largest absolute Gasteiger partial charge is 0.416 e. The van der Waals surface area contributed by atoms with Gasteiger partial charge in [0.1, 0.15) is 0 Å². The van der Waals surface area contributed by atoms with E-state index in [9.17, 15) is 13.2 Å². The monoisotopic (exact) mass is 304 g/mol. The van der Waals surface area contributed by atoms with Crippen molar-refractivity contribution in [2.75, 3.05) is 0 Å². The fourth-order valence-corrected chi connectivity index (χ4v) is 2.02. The molecule has 1 aromatic heterocycles. The maximum Gasteiger partial charge on any atom is 0.416 e. The highest BCUT2D eigenvalue weighted by Gasteiger charge is 2.30. The predicted octanol–water partition coefficient (Wildman–Crippen LogP) is 4.35. The van der Waals surface area contributed by atoms with Crippen molar-refractivity contribution in [2.24, 2.45) is 0 Å². The standard InChI is InChI=1S/C16H11F3N2O/c17-16(18,19)13-8-6-12(7-9-13)15-20-14(22-21-15)10-11-4-2-1-3-5-11/h1-9H,10H2. The fourth-order valence-electron chi connectivity index (χ4n) is 2.02. The normalized spacial score (nSPS) is 11.6. The van der Waals surface area contributed by atoms with Crippen LogP contribution in [0, 0.1) is 0 Å². The molecule has 2 aromatic carbocycles. The summed E-state index contributed by atoms with van der Waals surface area (Å²) in [6.07, 6.45) is -3.87. The van der Waals surface area contributed by atoms with Crippen LogP contribution in [0.2, 0.25) is 0 Å². The average Bonchev–Trinajstić information content (AvgIpc) is 2.96. The van der Waals surface area contributed by atoms with Crippen LogP contribution in [0.4, 0.5) is 13.2 Å². The Bertz CT molecular complexity index is 749. The lowest BCUT2D eigenvalue weighted by Gasteiger charge is -2.05. The van der Waals surface area contributed by atoms with Crippen LogP contribution in [0.5, 0.6) is 0 Å². The van der Waals surface area contributed by atoms with E-state index in [-0.39, 0.29) is 5.82 Å². The second-order valence-electron chi connectivity index (χ2n) is 4.75. The molecule has 0 spiro atoms. The van der Waals surface area contributed by atoms with Crippen LogP contribution in [0.3, 0.4) is 0 Å². The third-order valence-corrected chi connectivity index (χ3v) is 3.14. The minimum Gasteiger partial charge on any atom is -0.339 e. The molecule has 3 nitrogen and oxygen atoms in total. The Balaban J connectivity index is 1.79. The van der Waals surface area contributed by atoms with E-state index in [4.69, 9.17) is 4.52 Å². The smallest absolute Gasteiger partial charge is 0.339 e. The third kappa shape index (κ3) is 3.16. The van der Waals surface area contributed by atoms with Crippen LogP contribution in [-0.2, 0) is 12.6 Å². The Morgan fingerprint density at radius 3 is 2.23 bits per heavy atom. The number of benzene rings is 2. The van der Waals surface area contributed by atoms with Gasteiger partial charge in [-0.3, -0.25) is 0 Å². The molecule has 0 unspecified atom stereocenters. The van der Waals surface area contributed by atoms with Crippen LogP contribution in [0.15, 0.2) is 59.1 Å². The summed E-state index contributed by atoms with van der Waals surface area (Å²) in [6, 6.07) is 14.3. The summed E-state index contributed by atoms with van der Waals surface area (Å²) in [5, 5.41) is 3.81. The molecule has 6 heteroatoms. The van der Waals surface area contributed by atoms with Crippen molar-refractivity contribution in [2.45, 2.75) is 12.6 Å². The van der Waals surface area contributed by atoms with E-state index in [0.717, 1.165) is 17.7 Å². The molecule has 0 fully saturated rings. The van der Waals surface area contributed by atoms with Gasteiger partial charge in [-0.15, -0.1) is 0 Å². The number of hydrogen-bond acceptors (Lipinski definition) is 3. The maximum atomic E-state index is 12.5. The molecule has 112 valence electrons. The number of rotatable bonds is 3. The lowest BCUT2D eigenvalue weighted by atomic mass is 10.1. The summed E-state index contributed by atoms with van der Waals surface area (Å²) < 4.78 is 42.7. The maximum absolute atomic E-state index is 12.5. The molecule has 0 bridgehead atoms. The Labute approximate surface area is 124 Å². The zero-order valence-corrected chi connectivity index (χ0v) is 11.3. The van der Waals surface area contributed by atoms with Crippen molar-refractivity contribution in [3.05, 3.63) is 71.6 Å². The molecule has 0 saturated carbocycles. The molecule has 3 rings (SSSR count). The summed E-state index contributed by atoms with van der Waals surface area (Å²) >= 11 is 0. The summed E-state index contributed by atoms with van der Waals surface area (Å²) in [6.45, 7) is 0. The van der Waals surface area contributed by atoms with Crippen molar-refractivity contribution >= 4 is 0 Å².